The molecule has 4 heterocycles. The van der Waals surface area contributed by atoms with Crippen LogP contribution in [-0.4, -0.2) is 64.4 Å². The Morgan fingerprint density at radius 2 is 1.85 bits per heavy atom. The van der Waals surface area contributed by atoms with E-state index in [0.717, 1.165) is 64.3 Å². The van der Waals surface area contributed by atoms with Crippen LogP contribution in [0.25, 0.3) is 11.0 Å². The highest BCUT2D eigenvalue weighted by atomic mass is 16.5. The SMILES string of the molecule is CCC(c1ccc(OCC2CCOCC2)cc1)N1C[C@H](C)N(c2nc(=O)n(C)c3ccc(C#N)nc23)C[C@H]1CC. The summed E-state index contributed by atoms with van der Waals surface area (Å²) in [7, 11) is 1.69. The molecule has 0 amide bonds. The van der Waals surface area contributed by atoms with Gasteiger partial charge < -0.3 is 14.4 Å². The van der Waals surface area contributed by atoms with Gasteiger partial charge in [0.05, 0.1) is 12.1 Å². The molecule has 5 rings (SSSR count). The van der Waals surface area contributed by atoms with Gasteiger partial charge in [-0.05, 0) is 68.4 Å². The standard InChI is InChI=1S/C31H40N6O3/c1-5-25-19-36(30-29-28(35(4)31(38)34-30)12-9-24(17-32)33-29)21(3)18-37(25)27(6-2)23-7-10-26(11-8-23)40-20-22-13-15-39-16-14-22/h7-12,21-22,25,27H,5-6,13-16,18-20H2,1-4H3/t21-,25+,27?/m0/s1. The van der Waals surface area contributed by atoms with Crippen LogP contribution in [0.5, 0.6) is 5.75 Å². The normalized spacial score (nSPS) is 21.3. The van der Waals surface area contributed by atoms with Crippen molar-refractivity contribution >= 4 is 16.9 Å². The number of rotatable bonds is 8. The number of pyridine rings is 1. The van der Waals surface area contributed by atoms with Crippen molar-refractivity contribution in [2.45, 2.75) is 64.6 Å². The van der Waals surface area contributed by atoms with E-state index < -0.39 is 0 Å². The van der Waals surface area contributed by atoms with E-state index in [1.165, 1.54) is 10.1 Å². The lowest BCUT2D eigenvalue weighted by Crippen LogP contribution is -2.58. The smallest absolute Gasteiger partial charge is 0.349 e. The molecule has 0 spiro atoms. The van der Waals surface area contributed by atoms with Gasteiger partial charge >= 0.3 is 5.69 Å². The van der Waals surface area contributed by atoms with Crippen LogP contribution in [0.15, 0.2) is 41.2 Å². The molecule has 9 nitrogen and oxygen atoms in total. The van der Waals surface area contributed by atoms with Gasteiger partial charge in [0, 0.05) is 51.5 Å². The Kier molecular flexibility index (Phi) is 8.67. The Balaban J connectivity index is 1.36. The largest absolute Gasteiger partial charge is 0.493 e. The molecular weight excluding hydrogens is 504 g/mol. The fourth-order valence-electron chi connectivity index (χ4n) is 6.15. The highest BCUT2D eigenvalue weighted by Gasteiger charge is 2.36. The molecule has 0 radical (unpaired) electrons. The molecule has 0 aliphatic carbocycles. The molecule has 2 aromatic heterocycles. The van der Waals surface area contributed by atoms with Gasteiger partial charge in [-0.1, -0.05) is 26.0 Å². The number of hydrogen-bond acceptors (Lipinski definition) is 8. The summed E-state index contributed by atoms with van der Waals surface area (Å²) >= 11 is 0. The molecule has 1 unspecified atom stereocenters. The molecule has 212 valence electrons. The summed E-state index contributed by atoms with van der Waals surface area (Å²) in [5.74, 6) is 2.06. The zero-order valence-electron chi connectivity index (χ0n) is 24.0. The van der Waals surface area contributed by atoms with Crippen molar-refractivity contribution in [2.75, 3.05) is 37.8 Å². The molecule has 2 fully saturated rings. The summed E-state index contributed by atoms with van der Waals surface area (Å²) in [5, 5.41) is 9.46. The maximum absolute atomic E-state index is 12.8. The molecule has 2 aliphatic heterocycles. The molecular formula is C31H40N6O3. The van der Waals surface area contributed by atoms with Gasteiger partial charge in [0.1, 0.15) is 23.0 Å². The number of aryl methyl sites for hydroxylation is 1. The summed E-state index contributed by atoms with van der Waals surface area (Å²) in [5.41, 5.74) is 2.57. The quantitative estimate of drug-likeness (QED) is 0.411. The van der Waals surface area contributed by atoms with Crippen LogP contribution in [0, 0.1) is 17.2 Å². The minimum Gasteiger partial charge on any atom is -0.493 e. The first-order chi connectivity index (χ1) is 19.4. The highest BCUT2D eigenvalue weighted by molar-refractivity contribution is 5.86. The summed E-state index contributed by atoms with van der Waals surface area (Å²) in [6.07, 6.45) is 4.09. The summed E-state index contributed by atoms with van der Waals surface area (Å²) in [4.78, 5) is 26.6. The molecule has 3 atom stereocenters. The van der Waals surface area contributed by atoms with Gasteiger partial charge in [-0.2, -0.15) is 10.2 Å². The first-order valence-corrected chi connectivity index (χ1v) is 14.5. The molecule has 9 heteroatoms. The fourth-order valence-corrected chi connectivity index (χ4v) is 6.15. The first-order valence-electron chi connectivity index (χ1n) is 14.5. The van der Waals surface area contributed by atoms with Crippen molar-refractivity contribution in [2.24, 2.45) is 13.0 Å². The topological polar surface area (TPSA) is 96.5 Å². The van der Waals surface area contributed by atoms with E-state index in [2.05, 4.69) is 70.9 Å². The van der Waals surface area contributed by atoms with Gasteiger partial charge in [-0.25, -0.2) is 9.78 Å². The van der Waals surface area contributed by atoms with Crippen molar-refractivity contribution in [1.29, 1.82) is 5.26 Å². The monoisotopic (exact) mass is 544 g/mol. The van der Waals surface area contributed by atoms with Crippen molar-refractivity contribution in [3.63, 3.8) is 0 Å². The third-order valence-corrected chi connectivity index (χ3v) is 8.56. The Labute approximate surface area is 236 Å². The number of piperazine rings is 1. The second-order valence-corrected chi connectivity index (χ2v) is 11.1. The number of fused-ring (bicyclic) bond motifs is 1. The maximum Gasteiger partial charge on any atom is 0.349 e. The minimum absolute atomic E-state index is 0.106. The number of anilines is 1. The molecule has 40 heavy (non-hydrogen) atoms. The predicted molar refractivity (Wildman–Crippen MR) is 156 cm³/mol. The number of hydrogen-bond donors (Lipinski definition) is 0. The van der Waals surface area contributed by atoms with Gasteiger partial charge in [0.25, 0.3) is 0 Å². The Hall–Kier alpha value is -3.48. The number of ether oxygens (including phenoxy) is 2. The molecule has 0 N–H and O–H groups in total. The van der Waals surface area contributed by atoms with E-state index in [1.807, 2.05) is 0 Å². The maximum atomic E-state index is 12.8. The van der Waals surface area contributed by atoms with Crippen LogP contribution in [0.4, 0.5) is 5.82 Å². The lowest BCUT2D eigenvalue weighted by Gasteiger charge is -2.49. The Morgan fingerprint density at radius 1 is 1.10 bits per heavy atom. The van der Waals surface area contributed by atoms with Crippen LogP contribution in [0.3, 0.4) is 0 Å². The fraction of sp³-hybridized carbons (Fsp3) is 0.548. The zero-order valence-corrected chi connectivity index (χ0v) is 24.0. The summed E-state index contributed by atoms with van der Waals surface area (Å²) in [6.45, 7) is 10.6. The molecule has 1 aromatic carbocycles. The van der Waals surface area contributed by atoms with Gasteiger partial charge in [0.2, 0.25) is 0 Å². The van der Waals surface area contributed by atoms with E-state index in [0.29, 0.717) is 28.5 Å². The van der Waals surface area contributed by atoms with Crippen LogP contribution in [0.2, 0.25) is 0 Å². The number of benzene rings is 1. The van der Waals surface area contributed by atoms with E-state index in [-0.39, 0.29) is 23.8 Å². The highest BCUT2D eigenvalue weighted by Crippen LogP contribution is 2.34. The lowest BCUT2D eigenvalue weighted by atomic mass is 9.96. The first kappa shape index (κ1) is 28.1. The third kappa shape index (κ3) is 5.70. The van der Waals surface area contributed by atoms with Gasteiger partial charge in [0.15, 0.2) is 5.82 Å². The molecule has 2 aliphatic rings. The van der Waals surface area contributed by atoms with Crippen molar-refractivity contribution < 1.29 is 9.47 Å². The summed E-state index contributed by atoms with van der Waals surface area (Å²) in [6, 6.07) is 14.8. The zero-order chi connectivity index (χ0) is 28.2. The van der Waals surface area contributed by atoms with E-state index in [4.69, 9.17) is 9.47 Å². The van der Waals surface area contributed by atoms with Crippen LogP contribution in [0.1, 0.15) is 63.8 Å². The number of nitriles is 1. The Morgan fingerprint density at radius 3 is 2.52 bits per heavy atom. The number of aromatic nitrogens is 3. The molecule has 0 bridgehead atoms. The average molecular weight is 545 g/mol. The molecule has 0 saturated carbocycles. The van der Waals surface area contributed by atoms with Crippen LogP contribution in [-0.2, 0) is 11.8 Å². The van der Waals surface area contributed by atoms with E-state index in [1.54, 1.807) is 19.2 Å². The van der Waals surface area contributed by atoms with Gasteiger partial charge in [-0.3, -0.25) is 9.47 Å². The second kappa shape index (κ2) is 12.4. The summed E-state index contributed by atoms with van der Waals surface area (Å²) < 4.78 is 13.1. The van der Waals surface area contributed by atoms with Crippen LogP contribution < -0.4 is 15.3 Å². The van der Waals surface area contributed by atoms with E-state index in [9.17, 15) is 10.1 Å². The lowest BCUT2D eigenvalue weighted by molar-refractivity contribution is 0.0497. The average Bonchev–Trinajstić information content (AvgIpc) is 2.99. The van der Waals surface area contributed by atoms with E-state index >= 15 is 0 Å². The van der Waals surface area contributed by atoms with Crippen LogP contribution >= 0.6 is 0 Å². The van der Waals surface area contributed by atoms with Crippen molar-refractivity contribution in [3.05, 3.63) is 58.1 Å². The minimum atomic E-state index is -0.317. The third-order valence-electron chi connectivity index (χ3n) is 8.56. The van der Waals surface area contributed by atoms with Crippen molar-refractivity contribution in [3.8, 4) is 11.8 Å². The van der Waals surface area contributed by atoms with Gasteiger partial charge in [-0.15, -0.1) is 0 Å². The van der Waals surface area contributed by atoms with Crippen molar-refractivity contribution in [1.82, 2.24) is 19.4 Å². The predicted octanol–water partition coefficient (Wildman–Crippen LogP) is 4.45. The Bertz CT molecular complexity index is 1410. The molecule has 3 aromatic rings. The number of nitrogens with zero attached hydrogens (tertiary/aromatic N) is 6. The molecule has 2 saturated heterocycles. The second-order valence-electron chi connectivity index (χ2n) is 11.1.